The Balaban J connectivity index is 1.45. The van der Waals surface area contributed by atoms with Crippen LogP contribution < -0.4 is 10.6 Å². The molecule has 1 aromatic heterocycles. The lowest BCUT2D eigenvalue weighted by molar-refractivity contribution is -0.116. The molecule has 0 spiro atoms. The van der Waals surface area contributed by atoms with Crippen molar-refractivity contribution in [3.8, 4) is 0 Å². The fraction of sp³-hybridized carbons (Fsp3) is 0.529. The molecule has 1 aliphatic heterocycles. The summed E-state index contributed by atoms with van der Waals surface area (Å²) in [6, 6.07) is 6.25. The van der Waals surface area contributed by atoms with Crippen LogP contribution >= 0.6 is 0 Å². The summed E-state index contributed by atoms with van der Waals surface area (Å²) in [5, 5.41) is 6.36. The maximum atomic E-state index is 12.1. The number of aromatic amines is 1. The quantitative estimate of drug-likeness (QED) is 0.813. The first-order chi connectivity index (χ1) is 10.8. The molecule has 5 heteroatoms. The second kappa shape index (κ2) is 5.72. The number of anilines is 1. The van der Waals surface area contributed by atoms with Crippen molar-refractivity contribution in [2.24, 2.45) is 0 Å². The van der Waals surface area contributed by atoms with Crippen LogP contribution in [0.15, 0.2) is 18.2 Å². The molecule has 2 aromatic rings. The molecule has 2 aliphatic rings. The normalized spacial score (nSPS) is 21.9. The molecule has 1 saturated heterocycles. The Morgan fingerprint density at radius 3 is 2.91 bits per heavy atom. The van der Waals surface area contributed by atoms with Crippen molar-refractivity contribution in [3.05, 3.63) is 24.0 Å². The number of carbonyl (C=O) groups is 1. The van der Waals surface area contributed by atoms with Gasteiger partial charge in [0.1, 0.15) is 5.82 Å². The lowest BCUT2D eigenvalue weighted by Crippen LogP contribution is -2.27. The van der Waals surface area contributed by atoms with Crippen molar-refractivity contribution in [2.75, 3.05) is 11.9 Å². The first-order valence-corrected chi connectivity index (χ1v) is 8.31. The highest BCUT2D eigenvalue weighted by Crippen LogP contribution is 2.35. The number of aromatic nitrogens is 2. The fourth-order valence-electron chi connectivity index (χ4n) is 3.35. The first-order valence-electron chi connectivity index (χ1n) is 8.31. The molecule has 3 N–H and O–H groups in total. The van der Waals surface area contributed by atoms with E-state index in [1.54, 1.807) is 0 Å². The van der Waals surface area contributed by atoms with Crippen LogP contribution in [0.2, 0.25) is 0 Å². The van der Waals surface area contributed by atoms with Crippen molar-refractivity contribution in [1.29, 1.82) is 0 Å². The number of fused-ring (bicyclic) bond motifs is 1. The van der Waals surface area contributed by atoms with E-state index in [4.69, 9.17) is 0 Å². The van der Waals surface area contributed by atoms with Gasteiger partial charge >= 0.3 is 0 Å². The lowest BCUT2D eigenvalue weighted by atomic mass is 9.85. The number of hydrogen-bond donors (Lipinski definition) is 3. The van der Waals surface area contributed by atoms with Crippen molar-refractivity contribution in [3.63, 3.8) is 0 Å². The number of rotatable bonds is 4. The van der Waals surface area contributed by atoms with Gasteiger partial charge in [0, 0.05) is 24.1 Å². The topological polar surface area (TPSA) is 69.8 Å². The Morgan fingerprint density at radius 2 is 2.18 bits per heavy atom. The van der Waals surface area contributed by atoms with Gasteiger partial charge in [-0.25, -0.2) is 4.98 Å². The van der Waals surface area contributed by atoms with Gasteiger partial charge in [0.25, 0.3) is 0 Å². The van der Waals surface area contributed by atoms with E-state index < -0.39 is 0 Å². The molecule has 116 valence electrons. The second-order valence-corrected chi connectivity index (χ2v) is 6.53. The van der Waals surface area contributed by atoms with Gasteiger partial charge in [-0.3, -0.25) is 4.79 Å². The number of nitrogens with one attached hydrogen (secondary N) is 3. The predicted molar refractivity (Wildman–Crippen MR) is 87.0 cm³/mol. The van der Waals surface area contributed by atoms with Crippen LogP contribution in [0.3, 0.4) is 0 Å². The van der Waals surface area contributed by atoms with E-state index in [9.17, 15) is 4.79 Å². The minimum atomic E-state index is 0.0810. The molecule has 2 fully saturated rings. The van der Waals surface area contributed by atoms with Gasteiger partial charge < -0.3 is 15.6 Å². The number of hydrogen-bond acceptors (Lipinski definition) is 3. The average Bonchev–Trinajstić information content (AvgIpc) is 3.05. The molecule has 22 heavy (non-hydrogen) atoms. The average molecular weight is 298 g/mol. The molecule has 5 nitrogen and oxygen atoms in total. The molecule has 4 rings (SSSR count). The van der Waals surface area contributed by atoms with Crippen LogP contribution in [0.4, 0.5) is 5.69 Å². The molecule has 0 bridgehead atoms. The van der Waals surface area contributed by atoms with E-state index in [0.717, 1.165) is 35.5 Å². The zero-order valence-corrected chi connectivity index (χ0v) is 12.7. The van der Waals surface area contributed by atoms with Gasteiger partial charge in [0.2, 0.25) is 5.91 Å². The van der Waals surface area contributed by atoms with Crippen molar-refractivity contribution in [1.82, 2.24) is 15.3 Å². The monoisotopic (exact) mass is 298 g/mol. The molecule has 1 saturated carbocycles. The highest BCUT2D eigenvalue weighted by molar-refractivity contribution is 5.93. The van der Waals surface area contributed by atoms with E-state index in [1.807, 2.05) is 18.2 Å². The summed E-state index contributed by atoms with van der Waals surface area (Å²) in [6.07, 6.45) is 6.59. The summed E-state index contributed by atoms with van der Waals surface area (Å²) in [5.74, 6) is 1.77. The third-order valence-corrected chi connectivity index (χ3v) is 4.87. The van der Waals surface area contributed by atoms with Gasteiger partial charge in [0.15, 0.2) is 0 Å². The van der Waals surface area contributed by atoms with Crippen LogP contribution in [-0.4, -0.2) is 28.5 Å². The molecule has 1 amide bonds. The maximum Gasteiger partial charge on any atom is 0.225 e. The third kappa shape index (κ3) is 2.73. The molecule has 0 radical (unpaired) electrons. The van der Waals surface area contributed by atoms with Crippen LogP contribution in [0.5, 0.6) is 0 Å². The number of nitrogens with zero attached hydrogens (tertiary/aromatic N) is 1. The van der Waals surface area contributed by atoms with Crippen molar-refractivity contribution < 1.29 is 4.79 Å². The zero-order chi connectivity index (χ0) is 14.9. The van der Waals surface area contributed by atoms with E-state index in [-0.39, 0.29) is 5.91 Å². The summed E-state index contributed by atoms with van der Waals surface area (Å²) in [6.45, 7) is 1.03. The van der Waals surface area contributed by atoms with Crippen LogP contribution in [-0.2, 0) is 4.79 Å². The summed E-state index contributed by atoms with van der Waals surface area (Å²) >= 11 is 0. The summed E-state index contributed by atoms with van der Waals surface area (Å²) in [4.78, 5) is 20.2. The summed E-state index contributed by atoms with van der Waals surface area (Å²) in [7, 11) is 0. The Labute approximate surface area is 129 Å². The first kappa shape index (κ1) is 13.8. The van der Waals surface area contributed by atoms with E-state index in [0.29, 0.717) is 18.4 Å². The molecule has 2 heterocycles. The van der Waals surface area contributed by atoms with Crippen LogP contribution in [0.1, 0.15) is 50.3 Å². The van der Waals surface area contributed by atoms with E-state index >= 15 is 0 Å². The minimum Gasteiger partial charge on any atom is -0.342 e. The minimum absolute atomic E-state index is 0.0810. The van der Waals surface area contributed by atoms with E-state index in [2.05, 4.69) is 20.6 Å². The van der Waals surface area contributed by atoms with Crippen molar-refractivity contribution in [2.45, 2.75) is 50.5 Å². The lowest BCUT2D eigenvalue weighted by Gasteiger charge is -2.22. The third-order valence-electron chi connectivity index (χ3n) is 4.87. The molecular weight excluding hydrogens is 276 g/mol. The van der Waals surface area contributed by atoms with Gasteiger partial charge in [-0.05, 0) is 50.4 Å². The van der Waals surface area contributed by atoms with Crippen LogP contribution in [0.25, 0.3) is 11.0 Å². The zero-order valence-electron chi connectivity index (χ0n) is 12.7. The molecular formula is C17H22N4O. The second-order valence-electron chi connectivity index (χ2n) is 6.53. The molecule has 1 atom stereocenters. The molecule has 1 aliphatic carbocycles. The van der Waals surface area contributed by atoms with Crippen molar-refractivity contribution >= 4 is 22.6 Å². The maximum absolute atomic E-state index is 12.1. The fourth-order valence-corrected chi connectivity index (χ4v) is 3.35. The van der Waals surface area contributed by atoms with Gasteiger partial charge in [-0.1, -0.05) is 6.42 Å². The van der Waals surface area contributed by atoms with Gasteiger partial charge in [-0.15, -0.1) is 0 Å². The summed E-state index contributed by atoms with van der Waals surface area (Å²) in [5.41, 5.74) is 2.84. The van der Waals surface area contributed by atoms with Gasteiger partial charge in [-0.2, -0.15) is 0 Å². The highest BCUT2D eigenvalue weighted by Gasteiger charge is 2.22. The number of imidazole rings is 1. The summed E-state index contributed by atoms with van der Waals surface area (Å²) < 4.78 is 0. The van der Waals surface area contributed by atoms with Crippen LogP contribution in [0, 0.1) is 0 Å². The Bertz CT molecular complexity index is 683. The highest BCUT2D eigenvalue weighted by atomic mass is 16.1. The number of H-pyrrole nitrogens is 1. The Hall–Kier alpha value is -1.88. The Kier molecular flexibility index (Phi) is 3.58. The smallest absolute Gasteiger partial charge is 0.225 e. The standard InChI is InChI=1S/C17H22N4O/c22-16(10-12-5-2-8-18-12)19-13-6-7-14-15(9-13)21-17(20-14)11-3-1-4-11/h6-7,9,11-12,18H,1-5,8,10H2,(H,19,22)(H,20,21). The number of amides is 1. The van der Waals surface area contributed by atoms with Gasteiger partial charge in [0.05, 0.1) is 11.0 Å². The Morgan fingerprint density at radius 1 is 1.27 bits per heavy atom. The molecule has 1 unspecified atom stereocenters. The largest absolute Gasteiger partial charge is 0.342 e. The predicted octanol–water partition coefficient (Wildman–Crippen LogP) is 2.91. The number of carbonyl (C=O) groups excluding carboxylic acids is 1. The molecule has 1 aromatic carbocycles. The SMILES string of the molecule is O=C(CC1CCCN1)Nc1ccc2nc(C3CCC3)[nH]c2c1. The van der Waals surface area contributed by atoms with E-state index in [1.165, 1.54) is 25.7 Å². The number of benzene rings is 1.